The van der Waals surface area contributed by atoms with Gasteiger partial charge in [0.25, 0.3) is 11.1 Å². The average Bonchev–Trinajstić information content (AvgIpc) is 3.12. The first-order chi connectivity index (χ1) is 16.9. The van der Waals surface area contributed by atoms with E-state index in [-0.39, 0.29) is 36.3 Å². The second-order valence-electron chi connectivity index (χ2n) is 7.43. The smallest absolute Gasteiger partial charge is 0.293 e. The Morgan fingerprint density at radius 1 is 0.943 bits per heavy atom. The summed E-state index contributed by atoms with van der Waals surface area (Å²) < 4.78 is 43.4. The molecule has 4 rings (SSSR count). The van der Waals surface area contributed by atoms with E-state index in [0.29, 0.717) is 28.4 Å². The fourth-order valence-electron chi connectivity index (χ4n) is 3.29. The monoisotopic (exact) mass is 497 g/mol. The van der Waals surface area contributed by atoms with Crippen molar-refractivity contribution >= 4 is 29.0 Å². The molecular formula is C26H21F2NO5S. The Kier molecular flexibility index (Phi) is 7.67. The summed E-state index contributed by atoms with van der Waals surface area (Å²) in [7, 11) is 1.48. The van der Waals surface area contributed by atoms with E-state index >= 15 is 0 Å². The van der Waals surface area contributed by atoms with E-state index in [2.05, 4.69) is 0 Å². The summed E-state index contributed by atoms with van der Waals surface area (Å²) in [4.78, 5) is 26.4. The van der Waals surface area contributed by atoms with Crippen LogP contribution in [0.15, 0.2) is 71.6 Å². The molecule has 1 heterocycles. The fraction of sp³-hybridized carbons (Fsp3) is 0.154. The van der Waals surface area contributed by atoms with Gasteiger partial charge in [-0.1, -0.05) is 24.3 Å². The van der Waals surface area contributed by atoms with E-state index in [4.69, 9.17) is 14.2 Å². The molecule has 1 saturated heterocycles. The highest BCUT2D eigenvalue weighted by molar-refractivity contribution is 8.18. The lowest BCUT2D eigenvalue weighted by atomic mass is 10.1. The number of hydrogen-bond acceptors (Lipinski definition) is 6. The number of hydrogen-bond donors (Lipinski definition) is 0. The first-order valence-electron chi connectivity index (χ1n) is 10.6. The Bertz CT molecular complexity index is 1260. The van der Waals surface area contributed by atoms with Gasteiger partial charge in [0.2, 0.25) is 0 Å². The lowest BCUT2D eigenvalue weighted by molar-refractivity contribution is -0.123. The molecule has 6 nitrogen and oxygen atoms in total. The van der Waals surface area contributed by atoms with Crippen molar-refractivity contribution in [2.75, 3.05) is 20.3 Å². The van der Waals surface area contributed by atoms with Crippen LogP contribution < -0.4 is 14.2 Å². The molecule has 1 fully saturated rings. The van der Waals surface area contributed by atoms with Gasteiger partial charge in [-0.15, -0.1) is 0 Å². The van der Waals surface area contributed by atoms with Crippen LogP contribution in [0.3, 0.4) is 0 Å². The molecule has 0 radical (unpaired) electrons. The third-order valence-electron chi connectivity index (χ3n) is 5.10. The van der Waals surface area contributed by atoms with E-state index in [1.165, 1.54) is 37.4 Å². The Hall–Kier alpha value is -3.85. The number of amides is 2. The zero-order valence-corrected chi connectivity index (χ0v) is 19.5. The quantitative estimate of drug-likeness (QED) is 0.355. The Balaban J connectivity index is 1.40. The fourth-order valence-corrected chi connectivity index (χ4v) is 4.16. The summed E-state index contributed by atoms with van der Waals surface area (Å²) in [5, 5.41) is -0.402. The number of methoxy groups -OCH3 is 1. The maximum Gasteiger partial charge on any atom is 0.293 e. The molecule has 35 heavy (non-hydrogen) atoms. The summed E-state index contributed by atoms with van der Waals surface area (Å²) in [6, 6.07) is 16.8. The second kappa shape index (κ2) is 11.1. The first kappa shape index (κ1) is 24.3. The van der Waals surface area contributed by atoms with Crippen molar-refractivity contribution in [1.29, 1.82) is 0 Å². The predicted octanol–water partition coefficient (Wildman–Crippen LogP) is 5.67. The van der Waals surface area contributed by atoms with E-state index in [1.54, 1.807) is 42.5 Å². The molecular weight excluding hydrogens is 476 g/mol. The Morgan fingerprint density at radius 2 is 1.71 bits per heavy atom. The van der Waals surface area contributed by atoms with Gasteiger partial charge in [0.1, 0.15) is 30.6 Å². The highest BCUT2D eigenvalue weighted by Gasteiger charge is 2.34. The van der Waals surface area contributed by atoms with Crippen molar-refractivity contribution in [3.63, 3.8) is 0 Å². The van der Waals surface area contributed by atoms with Gasteiger partial charge >= 0.3 is 0 Å². The van der Waals surface area contributed by atoms with Crippen molar-refractivity contribution in [3.05, 3.63) is 94.4 Å². The third kappa shape index (κ3) is 5.99. The van der Waals surface area contributed by atoms with Gasteiger partial charge < -0.3 is 14.2 Å². The van der Waals surface area contributed by atoms with Gasteiger partial charge in [-0.3, -0.25) is 14.5 Å². The minimum atomic E-state index is -0.429. The second-order valence-corrected chi connectivity index (χ2v) is 8.42. The SMILES string of the molecule is COc1cc(/C=C2\SC(=O)N(CCOc3ccc(F)cc3)C2=O)ccc1OCc1ccccc1F. The van der Waals surface area contributed by atoms with Crippen LogP contribution in [-0.4, -0.2) is 36.3 Å². The Morgan fingerprint density at radius 3 is 2.46 bits per heavy atom. The van der Waals surface area contributed by atoms with Gasteiger partial charge in [-0.25, -0.2) is 8.78 Å². The molecule has 180 valence electrons. The van der Waals surface area contributed by atoms with Crippen molar-refractivity contribution in [1.82, 2.24) is 4.90 Å². The number of nitrogens with zero attached hydrogens (tertiary/aromatic N) is 1. The van der Waals surface area contributed by atoms with Crippen molar-refractivity contribution in [2.45, 2.75) is 6.61 Å². The largest absolute Gasteiger partial charge is 0.493 e. The maximum absolute atomic E-state index is 13.8. The van der Waals surface area contributed by atoms with E-state index < -0.39 is 11.1 Å². The van der Waals surface area contributed by atoms with Crippen LogP contribution in [0.4, 0.5) is 13.6 Å². The predicted molar refractivity (Wildman–Crippen MR) is 128 cm³/mol. The number of ether oxygens (including phenoxy) is 3. The van der Waals surface area contributed by atoms with Crippen molar-refractivity contribution in [2.24, 2.45) is 0 Å². The molecule has 1 aliphatic rings. The molecule has 9 heteroatoms. The average molecular weight is 498 g/mol. The van der Waals surface area contributed by atoms with Gasteiger partial charge in [0, 0.05) is 5.56 Å². The molecule has 0 aliphatic carbocycles. The minimum Gasteiger partial charge on any atom is -0.493 e. The zero-order valence-electron chi connectivity index (χ0n) is 18.7. The van der Waals surface area contributed by atoms with Crippen molar-refractivity contribution in [3.8, 4) is 17.2 Å². The molecule has 3 aromatic carbocycles. The molecule has 0 atom stereocenters. The van der Waals surface area contributed by atoms with Crippen LogP contribution in [-0.2, 0) is 11.4 Å². The molecule has 3 aromatic rings. The number of halogens is 2. The van der Waals surface area contributed by atoms with Gasteiger partial charge in [0.05, 0.1) is 18.6 Å². The molecule has 0 unspecified atom stereocenters. The molecule has 0 saturated carbocycles. The van der Waals surface area contributed by atoms with Crippen LogP contribution in [0.25, 0.3) is 6.08 Å². The van der Waals surface area contributed by atoms with Crippen molar-refractivity contribution < 1.29 is 32.6 Å². The molecule has 1 aliphatic heterocycles. The van der Waals surface area contributed by atoms with E-state index in [0.717, 1.165) is 16.7 Å². The zero-order chi connectivity index (χ0) is 24.8. The standard InChI is InChI=1S/C26H21F2NO5S/c1-32-23-14-17(6-11-22(23)34-16-18-4-2-3-5-21(18)28)15-24-25(30)29(26(31)35-24)12-13-33-20-9-7-19(27)8-10-20/h2-11,14-15H,12-13,16H2,1H3/b24-15-. The normalized spacial score (nSPS) is 14.5. The maximum atomic E-state index is 13.8. The first-order valence-corrected chi connectivity index (χ1v) is 11.4. The van der Waals surface area contributed by atoms with Gasteiger partial charge in [-0.2, -0.15) is 0 Å². The molecule has 2 amide bonds. The highest BCUT2D eigenvalue weighted by Crippen LogP contribution is 2.34. The Labute approximate surface area is 205 Å². The van der Waals surface area contributed by atoms with Crippen LogP contribution in [0, 0.1) is 11.6 Å². The minimum absolute atomic E-state index is 0.0290. The van der Waals surface area contributed by atoms with Crippen LogP contribution in [0.2, 0.25) is 0 Å². The number of benzene rings is 3. The van der Waals surface area contributed by atoms with Crippen LogP contribution in [0.1, 0.15) is 11.1 Å². The molecule has 0 N–H and O–H groups in total. The molecule has 0 aromatic heterocycles. The van der Waals surface area contributed by atoms with Gasteiger partial charge in [-0.05, 0) is 65.9 Å². The topological polar surface area (TPSA) is 65.1 Å². The lowest BCUT2D eigenvalue weighted by Gasteiger charge is -2.13. The molecule has 0 spiro atoms. The van der Waals surface area contributed by atoms with E-state index in [9.17, 15) is 18.4 Å². The molecule has 0 bridgehead atoms. The summed E-state index contributed by atoms with van der Waals surface area (Å²) >= 11 is 0.831. The number of carbonyl (C=O) groups is 2. The highest BCUT2D eigenvalue weighted by atomic mass is 32.2. The van der Waals surface area contributed by atoms with Gasteiger partial charge in [0.15, 0.2) is 11.5 Å². The van der Waals surface area contributed by atoms with E-state index in [1.807, 2.05) is 0 Å². The number of carbonyl (C=O) groups excluding carboxylic acids is 2. The van der Waals surface area contributed by atoms with Crippen LogP contribution >= 0.6 is 11.8 Å². The van der Waals surface area contributed by atoms with Crippen LogP contribution in [0.5, 0.6) is 17.2 Å². The summed E-state index contributed by atoms with van der Waals surface area (Å²) in [5.41, 5.74) is 1.05. The summed E-state index contributed by atoms with van der Waals surface area (Å²) in [6.07, 6.45) is 1.59. The number of rotatable bonds is 9. The summed E-state index contributed by atoms with van der Waals surface area (Å²) in [5.74, 6) is 0.0949. The number of thioether (sulfide) groups is 1. The number of imide groups is 1. The third-order valence-corrected chi connectivity index (χ3v) is 6.00. The lowest BCUT2D eigenvalue weighted by Crippen LogP contribution is -2.32. The summed E-state index contributed by atoms with van der Waals surface area (Å²) in [6.45, 7) is 0.172.